The zero-order chi connectivity index (χ0) is 17.0. The Bertz CT molecular complexity index is 664. The summed E-state index contributed by atoms with van der Waals surface area (Å²) >= 11 is 0. The molecule has 0 saturated carbocycles. The Kier molecular flexibility index (Phi) is 5.07. The predicted molar refractivity (Wildman–Crippen MR) is 94.4 cm³/mol. The highest BCUT2D eigenvalue weighted by Crippen LogP contribution is 2.39. The molecule has 0 spiro atoms. The van der Waals surface area contributed by atoms with Gasteiger partial charge in [-0.1, -0.05) is 30.3 Å². The van der Waals surface area contributed by atoms with Crippen molar-refractivity contribution in [2.75, 3.05) is 27.3 Å². The molecule has 1 heterocycles. The zero-order valence-corrected chi connectivity index (χ0v) is 14.4. The molecule has 1 aliphatic rings. The first-order chi connectivity index (χ1) is 11.6. The van der Waals surface area contributed by atoms with E-state index in [2.05, 4.69) is 29.2 Å². The van der Waals surface area contributed by atoms with Crippen molar-refractivity contribution in [1.82, 2.24) is 4.90 Å². The topological polar surface area (TPSA) is 41.9 Å². The Morgan fingerprint density at radius 3 is 2.33 bits per heavy atom. The van der Waals surface area contributed by atoms with Crippen molar-refractivity contribution in [1.29, 1.82) is 0 Å². The Morgan fingerprint density at radius 1 is 1.00 bits per heavy atom. The number of rotatable bonds is 5. The molecule has 0 radical (unpaired) electrons. The van der Waals surface area contributed by atoms with Crippen molar-refractivity contribution >= 4 is 0 Å². The van der Waals surface area contributed by atoms with Crippen LogP contribution in [-0.2, 0) is 12.1 Å². The minimum absolute atomic E-state index is 0.688. The molecular formula is C20H25NO3. The van der Waals surface area contributed by atoms with Gasteiger partial charge < -0.3 is 14.6 Å². The van der Waals surface area contributed by atoms with Crippen LogP contribution in [0.5, 0.6) is 11.5 Å². The summed E-state index contributed by atoms with van der Waals surface area (Å²) in [5, 5.41) is 11.2. The van der Waals surface area contributed by atoms with Gasteiger partial charge in [-0.3, -0.25) is 4.90 Å². The van der Waals surface area contributed by atoms with E-state index < -0.39 is 5.60 Å². The van der Waals surface area contributed by atoms with Crippen molar-refractivity contribution in [3.8, 4) is 11.5 Å². The van der Waals surface area contributed by atoms with Crippen LogP contribution < -0.4 is 9.47 Å². The van der Waals surface area contributed by atoms with Gasteiger partial charge in [-0.15, -0.1) is 0 Å². The van der Waals surface area contributed by atoms with Crippen LogP contribution in [0.25, 0.3) is 0 Å². The Morgan fingerprint density at radius 2 is 1.71 bits per heavy atom. The normalized spacial score (nSPS) is 17.5. The van der Waals surface area contributed by atoms with Gasteiger partial charge in [0.15, 0.2) is 0 Å². The van der Waals surface area contributed by atoms with Gasteiger partial charge >= 0.3 is 0 Å². The van der Waals surface area contributed by atoms with E-state index in [-0.39, 0.29) is 0 Å². The van der Waals surface area contributed by atoms with Crippen LogP contribution in [-0.4, -0.2) is 37.3 Å². The van der Waals surface area contributed by atoms with Gasteiger partial charge in [0.25, 0.3) is 0 Å². The van der Waals surface area contributed by atoms with Gasteiger partial charge in [0, 0.05) is 31.3 Å². The molecule has 2 aromatic rings. The average molecular weight is 327 g/mol. The molecule has 24 heavy (non-hydrogen) atoms. The maximum atomic E-state index is 11.2. The van der Waals surface area contributed by atoms with Gasteiger partial charge in [-0.2, -0.15) is 0 Å². The van der Waals surface area contributed by atoms with Crippen LogP contribution in [0.3, 0.4) is 0 Å². The molecule has 128 valence electrons. The summed E-state index contributed by atoms with van der Waals surface area (Å²) < 4.78 is 10.7. The molecule has 0 aromatic heterocycles. The lowest BCUT2D eigenvalue weighted by molar-refractivity contribution is -0.0292. The number of likely N-dealkylation sites (tertiary alicyclic amines) is 1. The van der Waals surface area contributed by atoms with Gasteiger partial charge in [0.2, 0.25) is 0 Å². The number of aliphatic hydroxyl groups is 1. The first-order valence-electron chi connectivity index (χ1n) is 8.36. The summed E-state index contributed by atoms with van der Waals surface area (Å²) in [6.45, 7) is 2.65. The monoisotopic (exact) mass is 327 g/mol. The second-order valence-corrected chi connectivity index (χ2v) is 6.36. The molecule has 1 saturated heterocycles. The number of methoxy groups -OCH3 is 2. The molecule has 0 bridgehead atoms. The summed E-state index contributed by atoms with van der Waals surface area (Å²) in [5.74, 6) is 1.43. The van der Waals surface area contributed by atoms with E-state index >= 15 is 0 Å². The molecule has 4 heteroatoms. The minimum atomic E-state index is -0.842. The fourth-order valence-corrected chi connectivity index (χ4v) is 3.37. The van der Waals surface area contributed by atoms with Gasteiger partial charge in [-0.05, 0) is 30.5 Å². The van der Waals surface area contributed by atoms with E-state index in [0.29, 0.717) is 18.6 Å². The Hall–Kier alpha value is -2.04. The van der Waals surface area contributed by atoms with Crippen molar-refractivity contribution in [2.24, 2.45) is 0 Å². The van der Waals surface area contributed by atoms with Crippen LogP contribution in [0, 0.1) is 0 Å². The van der Waals surface area contributed by atoms with Crippen LogP contribution in [0.4, 0.5) is 0 Å². The fourth-order valence-electron chi connectivity index (χ4n) is 3.37. The van der Waals surface area contributed by atoms with E-state index in [1.165, 1.54) is 5.56 Å². The van der Waals surface area contributed by atoms with Crippen molar-refractivity contribution in [2.45, 2.75) is 25.0 Å². The van der Waals surface area contributed by atoms with Gasteiger partial charge in [-0.25, -0.2) is 0 Å². The van der Waals surface area contributed by atoms with Crippen molar-refractivity contribution in [3.63, 3.8) is 0 Å². The molecule has 2 aromatic carbocycles. The smallest absolute Gasteiger partial charge is 0.128 e. The Balaban J connectivity index is 1.70. The zero-order valence-electron chi connectivity index (χ0n) is 14.4. The van der Waals surface area contributed by atoms with E-state index in [4.69, 9.17) is 9.47 Å². The molecule has 4 nitrogen and oxygen atoms in total. The lowest BCUT2D eigenvalue weighted by Crippen LogP contribution is -2.42. The Labute approximate surface area is 143 Å². The SMILES string of the molecule is COc1ccc(C2(O)CCN(Cc3ccccc3)CC2)c(OC)c1. The third-order valence-corrected chi connectivity index (χ3v) is 4.84. The van der Waals surface area contributed by atoms with Gasteiger partial charge in [0.05, 0.1) is 19.8 Å². The second kappa shape index (κ2) is 7.24. The molecule has 0 aliphatic carbocycles. The van der Waals surface area contributed by atoms with Crippen LogP contribution in [0.2, 0.25) is 0 Å². The second-order valence-electron chi connectivity index (χ2n) is 6.36. The minimum Gasteiger partial charge on any atom is -0.497 e. The summed E-state index contributed by atoms with van der Waals surface area (Å²) in [6, 6.07) is 16.1. The molecule has 1 aliphatic heterocycles. The average Bonchev–Trinajstić information content (AvgIpc) is 2.64. The van der Waals surface area contributed by atoms with Gasteiger partial charge in [0.1, 0.15) is 11.5 Å². The highest BCUT2D eigenvalue weighted by atomic mass is 16.5. The molecular weight excluding hydrogens is 302 g/mol. The maximum Gasteiger partial charge on any atom is 0.128 e. The van der Waals surface area contributed by atoms with E-state index in [1.807, 2.05) is 24.3 Å². The number of benzene rings is 2. The number of ether oxygens (including phenoxy) is 2. The predicted octanol–water partition coefficient (Wildman–Crippen LogP) is 3.19. The van der Waals surface area contributed by atoms with Crippen molar-refractivity contribution < 1.29 is 14.6 Å². The largest absolute Gasteiger partial charge is 0.497 e. The molecule has 0 unspecified atom stereocenters. The molecule has 0 atom stereocenters. The van der Waals surface area contributed by atoms with E-state index in [0.717, 1.165) is 30.9 Å². The first kappa shape index (κ1) is 16.8. The first-order valence-corrected chi connectivity index (χ1v) is 8.36. The fraction of sp³-hybridized carbons (Fsp3) is 0.400. The summed E-state index contributed by atoms with van der Waals surface area (Å²) in [7, 11) is 3.26. The summed E-state index contributed by atoms with van der Waals surface area (Å²) in [6.07, 6.45) is 1.39. The molecule has 3 rings (SSSR count). The highest BCUT2D eigenvalue weighted by molar-refractivity contribution is 5.44. The van der Waals surface area contributed by atoms with Crippen LogP contribution in [0.1, 0.15) is 24.0 Å². The number of nitrogens with zero attached hydrogens (tertiary/aromatic N) is 1. The third-order valence-electron chi connectivity index (χ3n) is 4.84. The van der Waals surface area contributed by atoms with Crippen LogP contribution >= 0.6 is 0 Å². The summed E-state index contributed by atoms with van der Waals surface area (Å²) in [5.41, 5.74) is 1.32. The van der Waals surface area contributed by atoms with Crippen LogP contribution in [0.15, 0.2) is 48.5 Å². The lowest BCUT2D eigenvalue weighted by atomic mass is 9.83. The number of hydrogen-bond acceptors (Lipinski definition) is 4. The standard InChI is InChI=1S/C20H25NO3/c1-23-17-8-9-18(19(14-17)24-2)20(22)10-12-21(13-11-20)15-16-6-4-3-5-7-16/h3-9,14,22H,10-13,15H2,1-2H3. The van der Waals surface area contributed by atoms with E-state index in [9.17, 15) is 5.11 Å². The van der Waals surface area contributed by atoms with Crippen molar-refractivity contribution in [3.05, 3.63) is 59.7 Å². The lowest BCUT2D eigenvalue weighted by Gasteiger charge is -2.39. The van der Waals surface area contributed by atoms with E-state index in [1.54, 1.807) is 14.2 Å². The highest BCUT2D eigenvalue weighted by Gasteiger charge is 2.36. The maximum absolute atomic E-state index is 11.2. The third kappa shape index (κ3) is 3.55. The number of hydrogen-bond donors (Lipinski definition) is 1. The molecule has 1 fully saturated rings. The summed E-state index contributed by atoms with van der Waals surface area (Å²) in [4.78, 5) is 2.39. The number of piperidine rings is 1. The molecule has 1 N–H and O–H groups in total. The molecule has 0 amide bonds. The quantitative estimate of drug-likeness (QED) is 0.916.